The first kappa shape index (κ1) is 15.4. The van der Waals surface area contributed by atoms with E-state index in [1.165, 1.54) is 11.3 Å². The third-order valence-electron chi connectivity index (χ3n) is 4.16. The van der Waals surface area contributed by atoms with E-state index in [1.807, 2.05) is 51.9 Å². The first-order valence-electron chi connectivity index (χ1n) is 7.76. The largest absolute Gasteiger partial charge is 0.329 e. The summed E-state index contributed by atoms with van der Waals surface area (Å²) in [4.78, 5) is 15.5. The SMILES string of the molecule is O=C(C=Cc1ccc(Cl)s1)N1CCCC1c1nnc2ccccn12. The molecule has 1 saturated heterocycles. The molecule has 4 rings (SSSR count). The monoisotopic (exact) mass is 358 g/mol. The van der Waals surface area contributed by atoms with Crippen molar-refractivity contribution in [1.82, 2.24) is 19.5 Å². The van der Waals surface area contributed by atoms with Gasteiger partial charge in [0.05, 0.1) is 10.4 Å². The number of pyridine rings is 1. The van der Waals surface area contributed by atoms with Crippen LogP contribution >= 0.6 is 22.9 Å². The summed E-state index contributed by atoms with van der Waals surface area (Å²) < 4.78 is 2.68. The summed E-state index contributed by atoms with van der Waals surface area (Å²) in [7, 11) is 0. The number of nitrogens with zero attached hydrogens (tertiary/aromatic N) is 4. The predicted molar refractivity (Wildman–Crippen MR) is 95.0 cm³/mol. The third kappa shape index (κ3) is 2.83. The maximum atomic E-state index is 12.6. The number of halogens is 1. The van der Waals surface area contributed by atoms with Crippen LogP contribution in [0.5, 0.6) is 0 Å². The van der Waals surface area contributed by atoms with Crippen LogP contribution in [0.3, 0.4) is 0 Å². The molecule has 122 valence electrons. The van der Waals surface area contributed by atoms with Crippen molar-refractivity contribution >= 4 is 40.6 Å². The quantitative estimate of drug-likeness (QED) is 0.669. The molecule has 0 aromatic carbocycles. The van der Waals surface area contributed by atoms with E-state index in [4.69, 9.17) is 11.6 Å². The normalized spacial score (nSPS) is 18.0. The molecule has 1 fully saturated rings. The highest BCUT2D eigenvalue weighted by atomic mass is 35.5. The Morgan fingerprint density at radius 3 is 3.04 bits per heavy atom. The minimum Gasteiger partial charge on any atom is -0.329 e. The van der Waals surface area contributed by atoms with Crippen LogP contribution in [0.2, 0.25) is 4.34 Å². The zero-order valence-corrected chi connectivity index (χ0v) is 14.4. The van der Waals surface area contributed by atoms with Crippen LogP contribution in [-0.4, -0.2) is 31.9 Å². The topological polar surface area (TPSA) is 50.5 Å². The fourth-order valence-electron chi connectivity index (χ4n) is 3.05. The molecule has 5 nitrogen and oxygen atoms in total. The Labute approximate surface area is 148 Å². The van der Waals surface area contributed by atoms with Gasteiger partial charge in [0.1, 0.15) is 0 Å². The van der Waals surface area contributed by atoms with E-state index >= 15 is 0 Å². The van der Waals surface area contributed by atoms with Gasteiger partial charge in [-0.15, -0.1) is 21.5 Å². The summed E-state index contributed by atoms with van der Waals surface area (Å²) in [6.07, 6.45) is 7.24. The number of carbonyl (C=O) groups excluding carboxylic acids is 1. The Hall–Kier alpha value is -2.18. The van der Waals surface area contributed by atoms with Gasteiger partial charge < -0.3 is 4.90 Å². The van der Waals surface area contributed by atoms with Gasteiger partial charge >= 0.3 is 0 Å². The van der Waals surface area contributed by atoms with Gasteiger partial charge in [-0.2, -0.15) is 0 Å². The molecule has 1 aliphatic rings. The van der Waals surface area contributed by atoms with Crippen molar-refractivity contribution in [3.8, 4) is 0 Å². The van der Waals surface area contributed by atoms with Crippen molar-refractivity contribution in [2.75, 3.05) is 6.54 Å². The molecule has 0 radical (unpaired) electrons. The van der Waals surface area contributed by atoms with E-state index in [0.717, 1.165) is 40.1 Å². The van der Waals surface area contributed by atoms with Gasteiger partial charge in [0, 0.05) is 23.7 Å². The molecule has 1 unspecified atom stereocenters. The lowest BCUT2D eigenvalue weighted by Gasteiger charge is -2.22. The van der Waals surface area contributed by atoms with Crippen molar-refractivity contribution in [2.45, 2.75) is 18.9 Å². The van der Waals surface area contributed by atoms with Crippen molar-refractivity contribution in [3.63, 3.8) is 0 Å². The Morgan fingerprint density at radius 2 is 2.21 bits per heavy atom. The van der Waals surface area contributed by atoms with Crippen molar-refractivity contribution in [3.05, 3.63) is 57.6 Å². The van der Waals surface area contributed by atoms with Gasteiger partial charge in [0.25, 0.3) is 0 Å². The van der Waals surface area contributed by atoms with E-state index in [-0.39, 0.29) is 11.9 Å². The Balaban J connectivity index is 1.58. The molecular formula is C17H15ClN4OS. The molecule has 24 heavy (non-hydrogen) atoms. The van der Waals surface area contributed by atoms with Gasteiger partial charge in [0.15, 0.2) is 11.5 Å². The summed E-state index contributed by atoms with van der Waals surface area (Å²) in [6.45, 7) is 0.737. The van der Waals surface area contributed by atoms with Gasteiger partial charge in [-0.1, -0.05) is 17.7 Å². The number of fused-ring (bicyclic) bond motifs is 1. The van der Waals surface area contributed by atoms with E-state index in [0.29, 0.717) is 0 Å². The lowest BCUT2D eigenvalue weighted by molar-refractivity contribution is -0.127. The van der Waals surface area contributed by atoms with Crippen LogP contribution < -0.4 is 0 Å². The van der Waals surface area contributed by atoms with Crippen molar-refractivity contribution < 1.29 is 4.79 Å². The molecule has 4 heterocycles. The van der Waals surface area contributed by atoms with Crippen LogP contribution in [0.1, 0.15) is 29.6 Å². The number of aromatic nitrogens is 3. The van der Waals surface area contributed by atoms with Crippen LogP contribution in [0.4, 0.5) is 0 Å². The Morgan fingerprint density at radius 1 is 1.29 bits per heavy atom. The summed E-state index contributed by atoms with van der Waals surface area (Å²) in [5.74, 6) is 0.818. The second kappa shape index (κ2) is 6.37. The average Bonchev–Trinajstić information content (AvgIpc) is 3.31. The van der Waals surface area contributed by atoms with E-state index in [9.17, 15) is 4.79 Å². The average molecular weight is 359 g/mol. The summed E-state index contributed by atoms with van der Waals surface area (Å²) >= 11 is 7.37. The molecule has 0 aliphatic carbocycles. The molecule has 0 bridgehead atoms. The second-order valence-corrected chi connectivity index (χ2v) is 7.40. The molecule has 1 atom stereocenters. The zero-order valence-electron chi connectivity index (χ0n) is 12.8. The number of likely N-dealkylation sites (tertiary alicyclic amines) is 1. The lowest BCUT2D eigenvalue weighted by atomic mass is 10.2. The number of amides is 1. The van der Waals surface area contributed by atoms with Gasteiger partial charge in [-0.25, -0.2) is 0 Å². The van der Waals surface area contributed by atoms with E-state index in [2.05, 4.69) is 10.2 Å². The molecule has 3 aromatic heterocycles. The molecule has 3 aromatic rings. The Bertz CT molecular complexity index is 916. The molecule has 0 spiro atoms. The third-order valence-corrected chi connectivity index (χ3v) is 5.35. The molecule has 7 heteroatoms. The minimum absolute atomic E-state index is 0.00490. The zero-order chi connectivity index (χ0) is 16.5. The first-order valence-corrected chi connectivity index (χ1v) is 8.95. The van der Waals surface area contributed by atoms with Crippen molar-refractivity contribution in [2.24, 2.45) is 0 Å². The van der Waals surface area contributed by atoms with Crippen LogP contribution in [0, 0.1) is 0 Å². The maximum Gasteiger partial charge on any atom is 0.247 e. The highest BCUT2D eigenvalue weighted by Gasteiger charge is 2.32. The molecule has 1 amide bonds. The van der Waals surface area contributed by atoms with Crippen molar-refractivity contribution in [1.29, 1.82) is 0 Å². The lowest BCUT2D eigenvalue weighted by Crippen LogP contribution is -2.30. The highest BCUT2D eigenvalue weighted by molar-refractivity contribution is 7.17. The molecule has 1 aliphatic heterocycles. The van der Waals surface area contributed by atoms with Gasteiger partial charge in [-0.3, -0.25) is 9.20 Å². The fourth-order valence-corrected chi connectivity index (χ4v) is 4.02. The second-order valence-electron chi connectivity index (χ2n) is 5.65. The summed E-state index contributed by atoms with van der Waals surface area (Å²) in [6, 6.07) is 9.49. The molecule has 0 saturated carbocycles. The highest BCUT2D eigenvalue weighted by Crippen LogP contribution is 2.31. The number of thiophene rings is 1. The number of hydrogen-bond donors (Lipinski definition) is 0. The smallest absolute Gasteiger partial charge is 0.247 e. The predicted octanol–water partition coefficient (Wildman–Crippen LogP) is 3.82. The van der Waals surface area contributed by atoms with E-state index in [1.54, 1.807) is 6.08 Å². The minimum atomic E-state index is -0.0357. The van der Waals surface area contributed by atoms with E-state index < -0.39 is 0 Å². The van der Waals surface area contributed by atoms with Crippen LogP contribution in [-0.2, 0) is 4.79 Å². The number of rotatable bonds is 3. The molecular weight excluding hydrogens is 344 g/mol. The van der Waals surface area contributed by atoms with Gasteiger partial charge in [0.2, 0.25) is 5.91 Å². The standard InChI is InChI=1S/C17H15ClN4OS/c18-14-8-6-12(24-14)7-9-16(23)21-11-3-4-13(21)17-20-19-15-5-1-2-10-22(15)17/h1-2,5-10,13H,3-4,11H2. The molecule has 0 N–H and O–H groups in total. The summed E-state index contributed by atoms with van der Waals surface area (Å²) in [5.41, 5.74) is 0.801. The Kier molecular flexibility index (Phi) is 4.08. The number of hydrogen-bond acceptors (Lipinski definition) is 4. The first-order chi connectivity index (χ1) is 11.7. The van der Waals surface area contributed by atoms with Crippen LogP contribution in [0.15, 0.2) is 42.6 Å². The summed E-state index contributed by atoms with van der Waals surface area (Å²) in [5, 5.41) is 8.51. The maximum absolute atomic E-state index is 12.6. The fraction of sp³-hybridized carbons (Fsp3) is 0.235. The van der Waals surface area contributed by atoms with Gasteiger partial charge in [-0.05, 0) is 43.2 Å². The van der Waals surface area contributed by atoms with Crippen LogP contribution in [0.25, 0.3) is 11.7 Å². The number of carbonyl (C=O) groups is 1.